The third kappa shape index (κ3) is 4.76. The number of benzene rings is 2. The van der Waals surface area contributed by atoms with Gasteiger partial charge in [-0.1, -0.05) is 35.5 Å². The second-order valence-electron chi connectivity index (χ2n) is 6.26. The number of nitrogens with zero attached hydrogens (tertiary/aromatic N) is 3. The van der Waals surface area contributed by atoms with Gasteiger partial charge in [-0.3, -0.25) is 0 Å². The summed E-state index contributed by atoms with van der Waals surface area (Å²) < 4.78 is 13.1. The number of hydrogen-bond donors (Lipinski definition) is 0. The topological polar surface area (TPSA) is 49.2 Å². The molecule has 0 N–H and O–H groups in total. The zero-order valence-electron chi connectivity index (χ0n) is 15.8. The lowest BCUT2D eigenvalue weighted by molar-refractivity contribution is 0.290. The summed E-state index contributed by atoms with van der Waals surface area (Å²) in [7, 11) is 3.62. The lowest BCUT2D eigenvalue weighted by Gasteiger charge is -2.10. The average Bonchev–Trinajstić information content (AvgIpc) is 3.02. The van der Waals surface area contributed by atoms with Gasteiger partial charge >= 0.3 is 0 Å². The first-order valence-electron chi connectivity index (χ1n) is 8.51. The number of rotatable bonds is 7. The zero-order valence-corrected chi connectivity index (χ0v) is 17.4. The summed E-state index contributed by atoms with van der Waals surface area (Å²) in [5.74, 6) is 3.20. The molecule has 0 amide bonds. The molecule has 2 aromatic carbocycles. The average molecular weight is 404 g/mol. The number of aromatic nitrogens is 3. The van der Waals surface area contributed by atoms with Crippen LogP contribution in [0.25, 0.3) is 0 Å². The van der Waals surface area contributed by atoms with Crippen molar-refractivity contribution in [3.8, 4) is 11.5 Å². The Morgan fingerprint density at radius 2 is 1.81 bits per heavy atom. The fourth-order valence-corrected chi connectivity index (χ4v) is 3.63. The molecule has 5 nitrogen and oxygen atoms in total. The van der Waals surface area contributed by atoms with Gasteiger partial charge in [-0.25, -0.2) is 0 Å². The Labute approximate surface area is 168 Å². The lowest BCUT2D eigenvalue weighted by Crippen LogP contribution is -2.04. The monoisotopic (exact) mass is 403 g/mol. The summed E-state index contributed by atoms with van der Waals surface area (Å²) in [6, 6.07) is 11.9. The molecule has 0 aliphatic carbocycles. The van der Waals surface area contributed by atoms with E-state index < -0.39 is 0 Å². The Morgan fingerprint density at radius 1 is 1.07 bits per heavy atom. The van der Waals surface area contributed by atoms with E-state index in [1.54, 1.807) is 18.9 Å². The smallest absolute Gasteiger partial charge is 0.191 e. The maximum Gasteiger partial charge on any atom is 0.191 e. The fourth-order valence-electron chi connectivity index (χ4n) is 2.64. The molecule has 0 saturated heterocycles. The lowest BCUT2D eigenvalue weighted by atomic mass is 10.1. The quantitative estimate of drug-likeness (QED) is 0.521. The number of ether oxygens (including phenoxy) is 2. The van der Waals surface area contributed by atoms with Crippen molar-refractivity contribution >= 4 is 23.4 Å². The summed E-state index contributed by atoms with van der Waals surface area (Å²) in [5, 5.41) is 10.2. The minimum absolute atomic E-state index is 0.351. The molecule has 142 valence electrons. The molecule has 3 aromatic rings. The standard InChI is InChI=1S/C20H22ClN3O2S/c1-13-8-17(9-14(2)19(13)21)26-11-18-22-23-20(24(18)3)27-12-15-6-5-7-16(10-15)25-4/h5-10H,11-12H2,1-4H3. The van der Waals surface area contributed by atoms with E-state index in [0.717, 1.165) is 44.4 Å². The SMILES string of the molecule is COc1cccc(CSc2nnc(COc3cc(C)c(Cl)c(C)c3)n2C)c1. The van der Waals surface area contributed by atoms with Gasteiger partial charge in [-0.05, 0) is 54.8 Å². The molecule has 0 saturated carbocycles. The minimum Gasteiger partial charge on any atom is -0.497 e. The van der Waals surface area contributed by atoms with E-state index >= 15 is 0 Å². The Kier molecular flexibility index (Phi) is 6.29. The highest BCUT2D eigenvalue weighted by Gasteiger charge is 2.11. The van der Waals surface area contributed by atoms with Crippen LogP contribution in [0.5, 0.6) is 11.5 Å². The minimum atomic E-state index is 0.351. The maximum absolute atomic E-state index is 6.21. The van der Waals surface area contributed by atoms with Crippen LogP contribution in [-0.2, 0) is 19.4 Å². The number of halogens is 1. The molecule has 27 heavy (non-hydrogen) atoms. The molecule has 0 radical (unpaired) electrons. The highest BCUT2D eigenvalue weighted by molar-refractivity contribution is 7.98. The van der Waals surface area contributed by atoms with Crippen LogP contribution in [0.1, 0.15) is 22.5 Å². The van der Waals surface area contributed by atoms with Crippen LogP contribution < -0.4 is 9.47 Å². The van der Waals surface area contributed by atoms with Crippen molar-refractivity contribution in [1.29, 1.82) is 0 Å². The van der Waals surface area contributed by atoms with Gasteiger partial charge in [-0.15, -0.1) is 10.2 Å². The Morgan fingerprint density at radius 3 is 2.52 bits per heavy atom. The molecule has 1 aromatic heterocycles. The second-order valence-corrected chi connectivity index (χ2v) is 7.58. The number of hydrogen-bond acceptors (Lipinski definition) is 5. The van der Waals surface area contributed by atoms with Crippen LogP contribution in [-0.4, -0.2) is 21.9 Å². The molecule has 0 spiro atoms. The molecule has 0 fully saturated rings. The predicted molar refractivity (Wildman–Crippen MR) is 109 cm³/mol. The third-order valence-electron chi connectivity index (χ3n) is 4.21. The highest BCUT2D eigenvalue weighted by Crippen LogP contribution is 2.27. The van der Waals surface area contributed by atoms with Gasteiger partial charge in [0.1, 0.15) is 18.1 Å². The molecule has 0 unspecified atom stereocenters. The molecule has 0 aliphatic heterocycles. The van der Waals surface area contributed by atoms with Crippen LogP contribution in [0.4, 0.5) is 0 Å². The second kappa shape index (κ2) is 8.67. The number of methoxy groups -OCH3 is 1. The van der Waals surface area contributed by atoms with Gasteiger partial charge in [-0.2, -0.15) is 0 Å². The summed E-state index contributed by atoms with van der Waals surface area (Å²) in [4.78, 5) is 0. The van der Waals surface area contributed by atoms with Crippen LogP contribution in [0.2, 0.25) is 5.02 Å². The van der Waals surface area contributed by atoms with Gasteiger partial charge in [0.2, 0.25) is 0 Å². The molecule has 1 heterocycles. The van der Waals surface area contributed by atoms with E-state index in [-0.39, 0.29) is 0 Å². The summed E-state index contributed by atoms with van der Waals surface area (Å²) in [6.45, 7) is 4.29. The van der Waals surface area contributed by atoms with Crippen molar-refractivity contribution in [3.05, 3.63) is 63.9 Å². The first kappa shape index (κ1) is 19.6. The van der Waals surface area contributed by atoms with Crippen molar-refractivity contribution in [2.45, 2.75) is 31.4 Å². The maximum atomic E-state index is 6.21. The van der Waals surface area contributed by atoms with E-state index in [1.807, 2.05) is 55.8 Å². The zero-order chi connectivity index (χ0) is 19.4. The van der Waals surface area contributed by atoms with Crippen molar-refractivity contribution < 1.29 is 9.47 Å². The van der Waals surface area contributed by atoms with E-state index in [0.29, 0.717) is 6.61 Å². The van der Waals surface area contributed by atoms with E-state index in [1.165, 1.54) is 5.56 Å². The predicted octanol–water partition coefficient (Wildman–Crippen LogP) is 4.97. The molecule has 0 aliphatic rings. The van der Waals surface area contributed by atoms with E-state index in [9.17, 15) is 0 Å². The van der Waals surface area contributed by atoms with Crippen molar-refractivity contribution in [2.75, 3.05) is 7.11 Å². The van der Waals surface area contributed by atoms with Gasteiger partial charge in [0.15, 0.2) is 11.0 Å². The van der Waals surface area contributed by atoms with Gasteiger partial charge in [0, 0.05) is 17.8 Å². The molecule has 0 atom stereocenters. The Bertz CT molecular complexity index is 920. The van der Waals surface area contributed by atoms with Crippen LogP contribution in [0, 0.1) is 13.8 Å². The Hall–Kier alpha value is -2.18. The summed E-state index contributed by atoms with van der Waals surface area (Å²) in [5.41, 5.74) is 3.17. The van der Waals surface area contributed by atoms with Gasteiger partial charge in [0.25, 0.3) is 0 Å². The van der Waals surface area contributed by atoms with E-state index in [4.69, 9.17) is 21.1 Å². The van der Waals surface area contributed by atoms with Crippen LogP contribution in [0.3, 0.4) is 0 Å². The van der Waals surface area contributed by atoms with Crippen molar-refractivity contribution in [2.24, 2.45) is 7.05 Å². The largest absolute Gasteiger partial charge is 0.497 e. The molecular weight excluding hydrogens is 382 g/mol. The van der Waals surface area contributed by atoms with Crippen molar-refractivity contribution in [1.82, 2.24) is 14.8 Å². The fraction of sp³-hybridized carbons (Fsp3) is 0.300. The molecule has 3 rings (SSSR count). The molecular formula is C20H22ClN3O2S. The van der Waals surface area contributed by atoms with Gasteiger partial charge in [0.05, 0.1) is 7.11 Å². The summed E-state index contributed by atoms with van der Waals surface area (Å²) in [6.07, 6.45) is 0. The van der Waals surface area contributed by atoms with Crippen LogP contribution in [0.15, 0.2) is 41.6 Å². The normalized spacial score (nSPS) is 10.9. The molecule has 0 bridgehead atoms. The summed E-state index contributed by atoms with van der Waals surface area (Å²) >= 11 is 7.84. The number of aryl methyl sites for hydroxylation is 2. The Balaban J connectivity index is 1.63. The van der Waals surface area contributed by atoms with Crippen molar-refractivity contribution in [3.63, 3.8) is 0 Å². The van der Waals surface area contributed by atoms with Crippen LogP contribution >= 0.6 is 23.4 Å². The number of thioether (sulfide) groups is 1. The van der Waals surface area contributed by atoms with Gasteiger partial charge < -0.3 is 14.0 Å². The van der Waals surface area contributed by atoms with E-state index in [2.05, 4.69) is 16.3 Å². The first-order valence-corrected chi connectivity index (χ1v) is 9.88. The first-order chi connectivity index (χ1) is 13.0. The highest BCUT2D eigenvalue weighted by atomic mass is 35.5. The third-order valence-corrected chi connectivity index (χ3v) is 5.89. The molecule has 7 heteroatoms.